The lowest BCUT2D eigenvalue weighted by Gasteiger charge is -2.16. The molecule has 0 fully saturated rings. The smallest absolute Gasteiger partial charge is 0.111 e. The van der Waals surface area contributed by atoms with E-state index in [-0.39, 0.29) is 12.5 Å². The van der Waals surface area contributed by atoms with Gasteiger partial charge in [0.1, 0.15) is 6.04 Å². The molecule has 16 heavy (non-hydrogen) atoms. The van der Waals surface area contributed by atoms with Gasteiger partial charge < -0.3 is 15.6 Å². The number of aryl methyl sites for hydroxylation is 3. The van der Waals surface area contributed by atoms with Crippen LogP contribution in [0.25, 0.3) is 0 Å². The number of carbonyl (C=O) groups excluding carboxylic acids is 1. The molecule has 1 rings (SSSR count). The molecule has 0 aliphatic rings. The molecule has 0 unspecified atom stereocenters. The number of rotatable bonds is 4. The summed E-state index contributed by atoms with van der Waals surface area (Å²) in [6.45, 7) is 6.15. The van der Waals surface area contributed by atoms with Crippen LogP contribution in [-0.2, 0) is 4.79 Å². The van der Waals surface area contributed by atoms with Crippen LogP contribution >= 0.6 is 0 Å². The van der Waals surface area contributed by atoms with Gasteiger partial charge in [-0.25, -0.2) is 0 Å². The highest BCUT2D eigenvalue weighted by Gasteiger charge is 2.15. The van der Waals surface area contributed by atoms with E-state index < -0.39 is 5.97 Å². The second-order valence-corrected chi connectivity index (χ2v) is 4.42. The van der Waals surface area contributed by atoms with Crippen molar-refractivity contribution >= 4 is 5.97 Å². The van der Waals surface area contributed by atoms with Crippen LogP contribution in [0.1, 0.15) is 41.1 Å². The minimum absolute atomic E-state index is 0.0264. The number of hydrogen-bond donors (Lipinski definition) is 1. The second kappa shape index (κ2) is 5.12. The van der Waals surface area contributed by atoms with E-state index in [1.165, 1.54) is 22.3 Å². The number of quaternary nitrogens is 1. The van der Waals surface area contributed by atoms with Gasteiger partial charge in [0.15, 0.2) is 0 Å². The number of carboxylic acid groups (broad SMARTS) is 1. The quantitative estimate of drug-likeness (QED) is 0.801. The largest absolute Gasteiger partial charge is 0.550 e. The number of carboxylic acids is 1. The van der Waals surface area contributed by atoms with E-state index in [0.717, 1.165) is 0 Å². The van der Waals surface area contributed by atoms with E-state index in [9.17, 15) is 9.90 Å². The van der Waals surface area contributed by atoms with Gasteiger partial charge in [0.25, 0.3) is 0 Å². The van der Waals surface area contributed by atoms with Crippen molar-refractivity contribution in [2.24, 2.45) is 0 Å². The Morgan fingerprint density at radius 2 is 1.81 bits per heavy atom. The van der Waals surface area contributed by atoms with Crippen molar-refractivity contribution in [2.75, 3.05) is 0 Å². The molecule has 0 aliphatic heterocycles. The summed E-state index contributed by atoms with van der Waals surface area (Å²) < 4.78 is 0. The molecule has 0 aromatic heterocycles. The standard InChI is InChI=1S/C13H19NO2/c1-8-6-9(2)13(10(3)7-8)11(14)4-5-12(15)16/h6-7,11H,4-5,14H2,1-3H3,(H,15,16)/t11-/m1/s1. The number of carbonyl (C=O) groups is 1. The summed E-state index contributed by atoms with van der Waals surface area (Å²) >= 11 is 0. The van der Waals surface area contributed by atoms with Gasteiger partial charge in [-0.15, -0.1) is 0 Å². The molecule has 0 amide bonds. The summed E-state index contributed by atoms with van der Waals surface area (Å²) in [7, 11) is 0. The first-order valence-corrected chi connectivity index (χ1v) is 5.52. The van der Waals surface area contributed by atoms with Gasteiger partial charge in [-0.1, -0.05) is 17.7 Å². The molecular weight excluding hydrogens is 202 g/mol. The number of aliphatic carboxylic acids is 1. The highest BCUT2D eigenvalue weighted by Crippen LogP contribution is 2.23. The summed E-state index contributed by atoms with van der Waals surface area (Å²) in [6, 6.07) is 4.25. The second-order valence-electron chi connectivity index (χ2n) is 4.42. The molecule has 1 aromatic carbocycles. The zero-order valence-electron chi connectivity index (χ0n) is 10.2. The van der Waals surface area contributed by atoms with Crippen molar-refractivity contribution in [1.82, 2.24) is 0 Å². The highest BCUT2D eigenvalue weighted by molar-refractivity contribution is 5.64. The average molecular weight is 221 g/mol. The Kier molecular flexibility index (Phi) is 4.07. The van der Waals surface area contributed by atoms with Crippen LogP contribution in [0.2, 0.25) is 0 Å². The molecule has 0 saturated heterocycles. The van der Waals surface area contributed by atoms with E-state index in [1.54, 1.807) is 0 Å². The molecule has 0 bridgehead atoms. The van der Waals surface area contributed by atoms with Gasteiger partial charge in [0, 0.05) is 18.0 Å². The Morgan fingerprint density at radius 3 is 2.25 bits per heavy atom. The van der Waals surface area contributed by atoms with Crippen LogP contribution in [0.15, 0.2) is 12.1 Å². The molecule has 3 nitrogen and oxygen atoms in total. The third-order valence-electron chi connectivity index (χ3n) is 2.84. The number of benzene rings is 1. The third-order valence-corrected chi connectivity index (χ3v) is 2.84. The lowest BCUT2D eigenvalue weighted by atomic mass is 9.92. The van der Waals surface area contributed by atoms with Gasteiger partial charge in [-0.05, 0) is 38.3 Å². The van der Waals surface area contributed by atoms with E-state index in [1.807, 2.05) is 13.8 Å². The van der Waals surface area contributed by atoms with Crippen molar-refractivity contribution in [2.45, 2.75) is 39.7 Å². The monoisotopic (exact) mass is 221 g/mol. The van der Waals surface area contributed by atoms with Crippen molar-refractivity contribution in [1.29, 1.82) is 0 Å². The van der Waals surface area contributed by atoms with Crippen LogP contribution in [-0.4, -0.2) is 5.97 Å². The lowest BCUT2D eigenvalue weighted by molar-refractivity contribution is -0.429. The molecule has 3 N–H and O–H groups in total. The van der Waals surface area contributed by atoms with Crippen molar-refractivity contribution in [3.63, 3.8) is 0 Å². The molecule has 0 heterocycles. The number of hydrogen-bond acceptors (Lipinski definition) is 2. The Hall–Kier alpha value is -1.35. The van der Waals surface area contributed by atoms with Crippen LogP contribution in [0, 0.1) is 20.8 Å². The molecule has 0 aliphatic carbocycles. The summed E-state index contributed by atoms with van der Waals surface area (Å²) in [6.07, 6.45) is 0.605. The topological polar surface area (TPSA) is 67.8 Å². The van der Waals surface area contributed by atoms with E-state index in [0.29, 0.717) is 6.42 Å². The first-order chi connectivity index (χ1) is 7.41. The Labute approximate surface area is 96.3 Å². The van der Waals surface area contributed by atoms with Crippen molar-refractivity contribution in [3.8, 4) is 0 Å². The summed E-state index contributed by atoms with van der Waals surface area (Å²) in [5, 5.41) is 10.4. The summed E-state index contributed by atoms with van der Waals surface area (Å²) in [5.41, 5.74) is 8.82. The molecule has 0 saturated carbocycles. The molecule has 1 atom stereocenters. The fraction of sp³-hybridized carbons (Fsp3) is 0.462. The minimum Gasteiger partial charge on any atom is -0.550 e. The van der Waals surface area contributed by atoms with Gasteiger partial charge in [0.05, 0.1) is 0 Å². The maximum absolute atomic E-state index is 10.4. The van der Waals surface area contributed by atoms with Crippen molar-refractivity contribution in [3.05, 3.63) is 34.4 Å². The fourth-order valence-corrected chi connectivity index (χ4v) is 2.27. The molecule has 0 spiro atoms. The highest BCUT2D eigenvalue weighted by atomic mass is 16.4. The van der Waals surface area contributed by atoms with E-state index in [2.05, 4.69) is 24.8 Å². The first-order valence-electron chi connectivity index (χ1n) is 5.52. The lowest BCUT2D eigenvalue weighted by Crippen LogP contribution is -2.54. The average Bonchev–Trinajstić information content (AvgIpc) is 2.12. The van der Waals surface area contributed by atoms with Gasteiger partial charge in [0.2, 0.25) is 0 Å². The predicted octanol–water partition coefficient (Wildman–Crippen LogP) is 0.425. The van der Waals surface area contributed by atoms with E-state index in [4.69, 9.17) is 0 Å². The van der Waals surface area contributed by atoms with Crippen LogP contribution in [0.3, 0.4) is 0 Å². The van der Waals surface area contributed by atoms with Gasteiger partial charge in [-0.2, -0.15) is 0 Å². The molecular formula is C13H19NO2. The van der Waals surface area contributed by atoms with Crippen LogP contribution in [0.5, 0.6) is 0 Å². The maximum Gasteiger partial charge on any atom is 0.111 e. The third kappa shape index (κ3) is 3.07. The van der Waals surface area contributed by atoms with E-state index >= 15 is 0 Å². The predicted molar refractivity (Wildman–Crippen MR) is 60.5 cm³/mol. The van der Waals surface area contributed by atoms with Gasteiger partial charge >= 0.3 is 0 Å². The van der Waals surface area contributed by atoms with Crippen LogP contribution < -0.4 is 10.8 Å². The van der Waals surface area contributed by atoms with Crippen molar-refractivity contribution < 1.29 is 15.6 Å². The normalized spacial score (nSPS) is 12.5. The zero-order chi connectivity index (χ0) is 12.3. The summed E-state index contributed by atoms with van der Waals surface area (Å²) in [4.78, 5) is 10.4. The maximum atomic E-state index is 10.4. The Bertz CT molecular complexity index is 376. The molecule has 88 valence electrons. The fourth-order valence-electron chi connectivity index (χ4n) is 2.27. The molecule has 0 radical (unpaired) electrons. The minimum atomic E-state index is -1.00. The zero-order valence-corrected chi connectivity index (χ0v) is 10.2. The van der Waals surface area contributed by atoms with Crippen LogP contribution in [0.4, 0.5) is 0 Å². The summed E-state index contributed by atoms with van der Waals surface area (Å²) in [5.74, 6) is -1.00. The SMILES string of the molecule is Cc1cc(C)c([C@H]([NH3+])CCC(=O)[O-])c(C)c1. The van der Waals surface area contributed by atoms with Gasteiger partial charge in [-0.3, -0.25) is 0 Å². The Balaban J connectivity index is 2.90. The molecule has 1 aromatic rings. The molecule has 3 heteroatoms. The first kappa shape index (κ1) is 12.7. The Morgan fingerprint density at radius 1 is 1.31 bits per heavy atom.